The molecule has 0 saturated carbocycles. The first-order valence-corrected chi connectivity index (χ1v) is 8.72. The van der Waals surface area contributed by atoms with Gasteiger partial charge in [0, 0.05) is 41.6 Å². The van der Waals surface area contributed by atoms with Gasteiger partial charge >= 0.3 is 5.97 Å². The van der Waals surface area contributed by atoms with Crippen molar-refractivity contribution in [3.8, 4) is 11.8 Å². The zero-order valence-electron chi connectivity index (χ0n) is 12.5. The maximum absolute atomic E-state index is 11.7. The van der Waals surface area contributed by atoms with Gasteiger partial charge in [-0.25, -0.2) is 4.79 Å². The molecular formula is C14H21N3O5S. The van der Waals surface area contributed by atoms with Gasteiger partial charge in [-0.2, -0.15) is 11.8 Å². The fourth-order valence-corrected chi connectivity index (χ4v) is 4.59. The summed E-state index contributed by atoms with van der Waals surface area (Å²) in [5.74, 6) is -0.154. The van der Waals surface area contributed by atoms with Crippen molar-refractivity contribution in [1.82, 2.24) is 15.4 Å². The van der Waals surface area contributed by atoms with E-state index in [0.29, 0.717) is 22.4 Å². The van der Waals surface area contributed by atoms with Gasteiger partial charge in [-0.05, 0) is 12.8 Å². The number of hydrogen-bond donors (Lipinski definition) is 5. The van der Waals surface area contributed by atoms with E-state index < -0.39 is 12.3 Å². The molecule has 2 aliphatic heterocycles. The Morgan fingerprint density at radius 2 is 2.04 bits per heavy atom. The third kappa shape index (κ3) is 3.74. The van der Waals surface area contributed by atoms with Crippen LogP contribution in [0.15, 0.2) is 12.1 Å². The minimum absolute atomic E-state index is 0.219. The molecule has 5 N–H and O–H groups in total. The number of unbranched alkanes of at least 4 members (excludes halogenated alkanes) is 1. The predicted octanol–water partition coefficient (Wildman–Crippen LogP) is -0.264. The number of nitrogens with one attached hydrogen (secondary N) is 2. The number of aliphatic hydroxyl groups is 1. The van der Waals surface area contributed by atoms with E-state index in [4.69, 9.17) is 4.84 Å². The van der Waals surface area contributed by atoms with Crippen molar-refractivity contribution in [3.63, 3.8) is 0 Å². The van der Waals surface area contributed by atoms with Crippen LogP contribution in [0.1, 0.15) is 25.7 Å². The van der Waals surface area contributed by atoms with Crippen molar-refractivity contribution in [2.75, 3.05) is 5.75 Å². The van der Waals surface area contributed by atoms with Crippen LogP contribution in [0.4, 0.5) is 0 Å². The lowest BCUT2D eigenvalue weighted by atomic mass is 10.0. The molecule has 2 saturated heterocycles. The second kappa shape index (κ2) is 7.00. The number of hydrogen-bond acceptors (Lipinski definition) is 8. The maximum Gasteiger partial charge on any atom is 0.333 e. The molecule has 2 aliphatic rings. The molecule has 0 spiro atoms. The van der Waals surface area contributed by atoms with Gasteiger partial charge in [0.05, 0.1) is 0 Å². The van der Waals surface area contributed by atoms with Gasteiger partial charge in [0.25, 0.3) is 0 Å². The summed E-state index contributed by atoms with van der Waals surface area (Å²) >= 11 is 1.88. The minimum atomic E-state index is -0.620. The highest BCUT2D eigenvalue weighted by molar-refractivity contribution is 8.00. The number of thioether (sulfide) groups is 1. The zero-order chi connectivity index (χ0) is 16.4. The van der Waals surface area contributed by atoms with Gasteiger partial charge in [-0.15, -0.1) is 4.73 Å². The third-order valence-electron chi connectivity index (χ3n) is 4.16. The molecule has 4 atom stereocenters. The highest BCUT2D eigenvalue weighted by atomic mass is 32.2. The van der Waals surface area contributed by atoms with Crippen molar-refractivity contribution in [2.24, 2.45) is 0 Å². The van der Waals surface area contributed by atoms with Gasteiger partial charge in [0.15, 0.2) is 6.35 Å². The molecule has 0 aliphatic carbocycles. The number of fused-ring (bicyclic) bond motifs is 1. The lowest BCUT2D eigenvalue weighted by molar-refractivity contribution is -0.145. The van der Waals surface area contributed by atoms with Gasteiger partial charge < -0.3 is 20.2 Å². The average Bonchev–Trinajstić information content (AvgIpc) is 3.14. The molecule has 4 unspecified atom stereocenters. The molecular weight excluding hydrogens is 322 g/mol. The molecule has 128 valence electrons. The Labute approximate surface area is 137 Å². The lowest BCUT2D eigenvalue weighted by Gasteiger charge is -2.17. The number of aliphatic hydroxyl groups excluding tert-OH is 1. The number of carbonyl (C=O) groups excluding carboxylic acids is 1. The van der Waals surface area contributed by atoms with E-state index in [1.807, 2.05) is 11.8 Å². The summed E-state index contributed by atoms with van der Waals surface area (Å²) in [6.45, 7) is 0. The molecule has 8 nitrogen and oxygen atoms in total. The van der Waals surface area contributed by atoms with E-state index in [1.165, 1.54) is 12.1 Å². The van der Waals surface area contributed by atoms with Crippen molar-refractivity contribution in [3.05, 3.63) is 12.1 Å². The van der Waals surface area contributed by atoms with Gasteiger partial charge in [-0.1, -0.05) is 6.42 Å². The molecule has 0 bridgehead atoms. The molecule has 0 radical (unpaired) electrons. The van der Waals surface area contributed by atoms with Crippen LogP contribution < -0.4 is 15.5 Å². The first kappa shape index (κ1) is 16.4. The van der Waals surface area contributed by atoms with E-state index >= 15 is 0 Å². The quantitative estimate of drug-likeness (QED) is 0.449. The molecule has 9 heteroatoms. The lowest BCUT2D eigenvalue weighted by Crippen LogP contribution is -2.37. The Morgan fingerprint density at radius 1 is 1.30 bits per heavy atom. The van der Waals surface area contributed by atoms with E-state index in [2.05, 4.69) is 10.6 Å². The van der Waals surface area contributed by atoms with E-state index in [9.17, 15) is 20.1 Å². The average molecular weight is 343 g/mol. The van der Waals surface area contributed by atoms with Crippen LogP contribution in [0.25, 0.3) is 0 Å². The van der Waals surface area contributed by atoms with E-state index in [1.54, 1.807) is 0 Å². The molecule has 1 aromatic rings. The number of aromatic hydroxyl groups is 2. The highest BCUT2D eigenvalue weighted by Gasteiger charge is 2.42. The van der Waals surface area contributed by atoms with Crippen molar-refractivity contribution in [1.29, 1.82) is 0 Å². The smallest absolute Gasteiger partial charge is 0.333 e. The number of rotatable bonds is 6. The Morgan fingerprint density at radius 3 is 2.78 bits per heavy atom. The minimum Gasteiger partial charge on any atom is -0.492 e. The first-order chi connectivity index (χ1) is 11.0. The van der Waals surface area contributed by atoms with Crippen molar-refractivity contribution < 1.29 is 25.0 Å². The van der Waals surface area contributed by atoms with Crippen LogP contribution in [0, 0.1) is 0 Å². The Kier molecular flexibility index (Phi) is 5.00. The molecule has 3 rings (SSSR count). The predicted molar refractivity (Wildman–Crippen MR) is 83.9 cm³/mol. The summed E-state index contributed by atoms with van der Waals surface area (Å²) in [4.78, 5) is 16.6. The zero-order valence-corrected chi connectivity index (χ0v) is 13.3. The SMILES string of the molecule is O=C(CCCCC1SCC2NC(O)NC21)On1c(O)ccc1O. The summed E-state index contributed by atoms with van der Waals surface area (Å²) in [7, 11) is 0. The Hall–Kier alpha value is -1.42. The maximum atomic E-state index is 11.7. The topological polar surface area (TPSA) is 116 Å². The standard InChI is InChI=1S/C14H21N3O5S/c18-10-5-6-11(19)17(10)22-12(20)4-2-1-3-9-13-8(7-23-9)15-14(21)16-13/h5-6,8-9,13-16,18-19,21H,1-4,7H2. The fourth-order valence-electron chi connectivity index (χ4n) is 3.02. The molecule has 0 aromatic carbocycles. The summed E-state index contributed by atoms with van der Waals surface area (Å²) < 4.78 is 0.704. The first-order valence-electron chi connectivity index (χ1n) is 7.67. The van der Waals surface area contributed by atoms with Crippen LogP contribution >= 0.6 is 11.8 Å². The molecule has 23 heavy (non-hydrogen) atoms. The van der Waals surface area contributed by atoms with Crippen molar-refractivity contribution in [2.45, 2.75) is 49.4 Å². The number of aromatic nitrogens is 1. The summed E-state index contributed by atoms with van der Waals surface area (Å²) in [5.41, 5.74) is 0. The van der Waals surface area contributed by atoms with Crippen LogP contribution in [0.2, 0.25) is 0 Å². The van der Waals surface area contributed by atoms with Gasteiger partial charge in [-0.3, -0.25) is 10.6 Å². The highest BCUT2D eigenvalue weighted by Crippen LogP contribution is 2.33. The van der Waals surface area contributed by atoms with E-state index in [-0.39, 0.29) is 24.2 Å². The van der Waals surface area contributed by atoms with Gasteiger partial charge in [0.2, 0.25) is 11.8 Å². The molecule has 1 aromatic heterocycles. The van der Waals surface area contributed by atoms with Crippen LogP contribution in [0.3, 0.4) is 0 Å². The monoisotopic (exact) mass is 343 g/mol. The van der Waals surface area contributed by atoms with Gasteiger partial charge in [0.1, 0.15) is 0 Å². The number of carbonyl (C=O) groups is 1. The van der Waals surface area contributed by atoms with E-state index in [0.717, 1.165) is 18.6 Å². The van der Waals surface area contributed by atoms with Crippen LogP contribution in [0.5, 0.6) is 11.8 Å². The molecule has 0 amide bonds. The second-order valence-corrected chi connectivity index (χ2v) is 7.07. The fraction of sp³-hybridized carbons (Fsp3) is 0.643. The van der Waals surface area contributed by atoms with Crippen LogP contribution in [-0.2, 0) is 4.79 Å². The second-order valence-electron chi connectivity index (χ2n) is 5.79. The van der Waals surface area contributed by atoms with Crippen molar-refractivity contribution >= 4 is 17.7 Å². The third-order valence-corrected chi connectivity index (χ3v) is 5.67. The molecule has 3 heterocycles. The summed E-state index contributed by atoms with van der Waals surface area (Å²) in [5, 5.41) is 35.0. The number of nitrogens with zero attached hydrogens (tertiary/aromatic N) is 1. The molecule has 2 fully saturated rings. The Bertz CT molecular complexity index is 547. The summed E-state index contributed by atoms with van der Waals surface area (Å²) in [6.07, 6.45) is 2.10. The Balaban J connectivity index is 1.36. The summed E-state index contributed by atoms with van der Waals surface area (Å²) in [6, 6.07) is 3.07. The largest absolute Gasteiger partial charge is 0.492 e. The normalized spacial score (nSPS) is 29.6. The van der Waals surface area contributed by atoms with Crippen LogP contribution in [-0.4, -0.2) is 55.5 Å².